The molecule has 166 valence electrons. The number of anilines is 1. The van der Waals surface area contributed by atoms with Crippen LogP contribution in [0, 0.1) is 0 Å². The average molecular weight is 441 g/mol. The minimum atomic E-state index is -0.831. The molecule has 31 heavy (non-hydrogen) atoms. The van der Waals surface area contributed by atoms with E-state index in [9.17, 15) is 9.59 Å². The van der Waals surface area contributed by atoms with Gasteiger partial charge in [-0.25, -0.2) is 4.79 Å². The summed E-state index contributed by atoms with van der Waals surface area (Å²) < 4.78 is 0. The Hall–Kier alpha value is -2.73. The van der Waals surface area contributed by atoms with Gasteiger partial charge in [-0.3, -0.25) is 9.69 Å². The molecule has 5 nitrogen and oxygen atoms in total. The maximum atomic E-state index is 12.6. The minimum Gasteiger partial charge on any atom is -0.481 e. The standard InChI is InChI=1S/C25H32N2O3S/c1-3-5-6-7-8-18-27(25(30)26-17-4-2)21-11-15-23(16-12-21)31-22-13-9-20(10-14-22)19-24(28)29/h4,9-16H,2-3,5-8,17-19H2,1H3,(H,26,30)(H,28,29). The van der Waals surface area contributed by atoms with Gasteiger partial charge in [-0.1, -0.05) is 62.6 Å². The summed E-state index contributed by atoms with van der Waals surface area (Å²) in [5.74, 6) is -0.831. The highest BCUT2D eigenvalue weighted by Crippen LogP contribution is 2.29. The van der Waals surface area contributed by atoms with E-state index in [-0.39, 0.29) is 12.5 Å². The smallest absolute Gasteiger partial charge is 0.322 e. The second-order valence-corrected chi connectivity index (χ2v) is 8.50. The number of hydrogen-bond donors (Lipinski definition) is 2. The molecule has 2 aromatic carbocycles. The number of carboxylic acid groups (broad SMARTS) is 1. The Labute approximate surface area is 189 Å². The summed E-state index contributed by atoms with van der Waals surface area (Å²) >= 11 is 1.61. The van der Waals surface area contributed by atoms with Gasteiger partial charge in [0.2, 0.25) is 0 Å². The van der Waals surface area contributed by atoms with Gasteiger partial charge < -0.3 is 10.4 Å². The maximum absolute atomic E-state index is 12.6. The molecule has 6 heteroatoms. The summed E-state index contributed by atoms with van der Waals surface area (Å²) in [7, 11) is 0. The zero-order valence-corrected chi connectivity index (χ0v) is 19.0. The fraction of sp³-hybridized carbons (Fsp3) is 0.360. The minimum absolute atomic E-state index is 0.0296. The van der Waals surface area contributed by atoms with E-state index in [2.05, 4.69) is 18.8 Å². The van der Waals surface area contributed by atoms with Gasteiger partial charge >= 0.3 is 12.0 Å². The number of unbranched alkanes of at least 4 members (excludes halogenated alkanes) is 4. The van der Waals surface area contributed by atoms with Crippen LogP contribution in [0.5, 0.6) is 0 Å². The Kier molecular flexibility index (Phi) is 10.7. The molecule has 0 aliphatic heterocycles. The number of benzene rings is 2. The number of urea groups is 1. The third kappa shape index (κ3) is 8.89. The lowest BCUT2D eigenvalue weighted by atomic mass is 10.1. The SMILES string of the molecule is C=CCNC(=O)N(CCCCCCC)c1ccc(Sc2ccc(CC(=O)O)cc2)cc1. The Morgan fingerprint density at radius 1 is 1.00 bits per heavy atom. The van der Waals surface area contributed by atoms with Crippen LogP contribution in [0.15, 0.2) is 71.0 Å². The van der Waals surface area contributed by atoms with E-state index in [4.69, 9.17) is 5.11 Å². The van der Waals surface area contributed by atoms with E-state index >= 15 is 0 Å². The van der Waals surface area contributed by atoms with Gasteiger partial charge in [0.15, 0.2) is 0 Å². The lowest BCUT2D eigenvalue weighted by Crippen LogP contribution is -2.40. The highest BCUT2D eigenvalue weighted by molar-refractivity contribution is 7.99. The van der Waals surface area contributed by atoms with Crippen molar-refractivity contribution in [2.75, 3.05) is 18.0 Å². The molecule has 0 atom stereocenters. The van der Waals surface area contributed by atoms with Gasteiger partial charge in [-0.15, -0.1) is 6.58 Å². The van der Waals surface area contributed by atoms with Crippen molar-refractivity contribution in [1.82, 2.24) is 5.32 Å². The quantitative estimate of drug-likeness (QED) is 0.290. The molecule has 2 rings (SSSR count). The summed E-state index contributed by atoms with van der Waals surface area (Å²) in [6, 6.07) is 15.4. The van der Waals surface area contributed by atoms with Crippen LogP contribution in [-0.2, 0) is 11.2 Å². The van der Waals surface area contributed by atoms with Crippen molar-refractivity contribution in [3.05, 3.63) is 66.7 Å². The fourth-order valence-corrected chi connectivity index (χ4v) is 3.97. The van der Waals surface area contributed by atoms with E-state index in [0.717, 1.165) is 33.9 Å². The maximum Gasteiger partial charge on any atom is 0.322 e. The summed E-state index contributed by atoms with van der Waals surface area (Å²) in [6.45, 7) is 6.99. The van der Waals surface area contributed by atoms with Crippen LogP contribution in [-0.4, -0.2) is 30.2 Å². The summed E-state index contributed by atoms with van der Waals surface area (Å²) in [6.07, 6.45) is 7.42. The number of carboxylic acids is 1. The zero-order chi connectivity index (χ0) is 22.5. The first kappa shape index (κ1) is 24.5. The van der Waals surface area contributed by atoms with Crippen LogP contribution in [0.3, 0.4) is 0 Å². The molecule has 0 saturated heterocycles. The molecule has 0 aromatic heterocycles. The lowest BCUT2D eigenvalue weighted by Gasteiger charge is -2.23. The van der Waals surface area contributed by atoms with Gasteiger partial charge in [0, 0.05) is 28.6 Å². The van der Waals surface area contributed by atoms with E-state index in [1.165, 1.54) is 19.3 Å². The lowest BCUT2D eigenvalue weighted by molar-refractivity contribution is -0.136. The molecule has 0 saturated carbocycles. The van der Waals surface area contributed by atoms with Crippen molar-refractivity contribution in [3.8, 4) is 0 Å². The van der Waals surface area contributed by atoms with Gasteiger partial charge in [0.25, 0.3) is 0 Å². The predicted molar refractivity (Wildman–Crippen MR) is 128 cm³/mol. The van der Waals surface area contributed by atoms with E-state index < -0.39 is 5.97 Å². The number of carbonyl (C=O) groups excluding carboxylic acids is 1. The van der Waals surface area contributed by atoms with Crippen LogP contribution in [0.4, 0.5) is 10.5 Å². The highest BCUT2D eigenvalue weighted by Gasteiger charge is 2.15. The predicted octanol–water partition coefficient (Wildman–Crippen LogP) is 6.14. The molecular weight excluding hydrogens is 408 g/mol. The third-order valence-electron chi connectivity index (χ3n) is 4.79. The molecule has 0 bridgehead atoms. The van der Waals surface area contributed by atoms with Crippen LogP contribution in [0.2, 0.25) is 0 Å². The molecule has 0 aliphatic rings. The molecule has 0 aliphatic carbocycles. The molecule has 2 aromatic rings. The second-order valence-electron chi connectivity index (χ2n) is 7.35. The molecule has 0 heterocycles. The largest absolute Gasteiger partial charge is 0.481 e. The number of hydrogen-bond acceptors (Lipinski definition) is 3. The fourth-order valence-electron chi connectivity index (χ4n) is 3.16. The van der Waals surface area contributed by atoms with Gasteiger partial charge in [0.05, 0.1) is 6.42 Å². The van der Waals surface area contributed by atoms with Crippen LogP contribution >= 0.6 is 11.8 Å². The molecular formula is C25H32N2O3S. The molecule has 0 fully saturated rings. The van der Waals surface area contributed by atoms with Crippen molar-refractivity contribution in [3.63, 3.8) is 0 Å². The van der Waals surface area contributed by atoms with Gasteiger partial charge in [-0.05, 0) is 48.4 Å². The van der Waals surface area contributed by atoms with E-state index in [1.807, 2.05) is 48.5 Å². The first-order valence-corrected chi connectivity index (χ1v) is 11.6. The molecule has 2 amide bonds. The third-order valence-corrected chi connectivity index (χ3v) is 5.81. The summed E-state index contributed by atoms with van der Waals surface area (Å²) in [4.78, 5) is 27.3. The van der Waals surface area contributed by atoms with E-state index in [0.29, 0.717) is 13.1 Å². The Morgan fingerprint density at radius 2 is 1.61 bits per heavy atom. The average Bonchev–Trinajstić information content (AvgIpc) is 2.76. The number of aliphatic carboxylic acids is 1. The first-order chi connectivity index (χ1) is 15.0. The van der Waals surface area contributed by atoms with Crippen molar-refractivity contribution < 1.29 is 14.7 Å². The van der Waals surface area contributed by atoms with E-state index in [1.54, 1.807) is 22.7 Å². The monoisotopic (exact) mass is 440 g/mol. The first-order valence-electron chi connectivity index (χ1n) is 10.8. The van der Waals surface area contributed by atoms with Crippen LogP contribution < -0.4 is 10.2 Å². The zero-order valence-electron chi connectivity index (χ0n) is 18.2. The number of nitrogens with one attached hydrogen (secondary N) is 1. The van der Waals surface area contributed by atoms with Gasteiger partial charge in [0.1, 0.15) is 0 Å². The number of amides is 2. The van der Waals surface area contributed by atoms with Crippen LogP contribution in [0.25, 0.3) is 0 Å². The summed E-state index contributed by atoms with van der Waals surface area (Å²) in [5, 5.41) is 11.8. The molecule has 0 unspecified atom stereocenters. The Morgan fingerprint density at radius 3 is 2.19 bits per heavy atom. The number of carbonyl (C=O) groups is 2. The number of rotatable bonds is 13. The van der Waals surface area contributed by atoms with Crippen LogP contribution in [0.1, 0.15) is 44.6 Å². The molecule has 0 radical (unpaired) electrons. The Balaban J connectivity index is 2.02. The van der Waals surface area contributed by atoms with Gasteiger partial charge in [-0.2, -0.15) is 0 Å². The summed E-state index contributed by atoms with van der Waals surface area (Å²) in [5.41, 5.74) is 1.66. The Bertz CT molecular complexity index is 835. The van der Waals surface area contributed by atoms with Crippen molar-refractivity contribution in [1.29, 1.82) is 0 Å². The number of nitrogens with zero attached hydrogens (tertiary/aromatic N) is 1. The second kappa shape index (κ2) is 13.5. The van der Waals surface area contributed by atoms with Crippen molar-refractivity contribution >= 4 is 29.4 Å². The normalized spacial score (nSPS) is 10.5. The van der Waals surface area contributed by atoms with Crippen molar-refractivity contribution in [2.24, 2.45) is 0 Å². The molecule has 2 N–H and O–H groups in total. The topological polar surface area (TPSA) is 69.6 Å². The highest BCUT2D eigenvalue weighted by atomic mass is 32.2. The van der Waals surface area contributed by atoms with Crippen molar-refractivity contribution in [2.45, 2.75) is 55.2 Å². The molecule has 0 spiro atoms.